The van der Waals surface area contributed by atoms with Gasteiger partial charge in [0.15, 0.2) is 12.7 Å². The third kappa shape index (κ3) is 5.50. The van der Waals surface area contributed by atoms with Crippen LogP contribution < -0.4 is 10.1 Å². The van der Waals surface area contributed by atoms with Crippen LogP contribution in [-0.4, -0.2) is 29.7 Å². The molecule has 0 unspecified atom stereocenters. The Hall–Kier alpha value is -3.04. The molecule has 1 heterocycles. The second-order valence-electron chi connectivity index (χ2n) is 5.26. The molecule has 1 atom stereocenters. The summed E-state index contributed by atoms with van der Waals surface area (Å²) in [5.41, 5.74) is -0.699. The van der Waals surface area contributed by atoms with E-state index in [1.54, 1.807) is 6.92 Å². The van der Waals surface area contributed by atoms with E-state index >= 15 is 0 Å². The van der Waals surface area contributed by atoms with Crippen molar-refractivity contribution in [2.75, 3.05) is 11.9 Å². The maximum atomic E-state index is 12.5. The summed E-state index contributed by atoms with van der Waals surface area (Å²) in [6.07, 6.45) is -5.64. The molecule has 0 aliphatic carbocycles. The molecule has 1 aromatic carbocycles. The number of nitrogens with zero attached hydrogens (tertiary/aromatic N) is 1. The summed E-state index contributed by atoms with van der Waals surface area (Å²) in [4.78, 5) is 23.6. The number of aryl methyl sites for hydroxylation is 1. The zero-order chi connectivity index (χ0) is 19.3. The Morgan fingerprint density at radius 1 is 1.27 bits per heavy atom. The summed E-state index contributed by atoms with van der Waals surface area (Å²) in [5.74, 6) is -0.921. The van der Waals surface area contributed by atoms with Crippen molar-refractivity contribution in [2.45, 2.75) is 26.1 Å². The lowest BCUT2D eigenvalue weighted by atomic mass is 10.2. The molecule has 2 rings (SSSR count). The molecule has 0 spiro atoms. The van der Waals surface area contributed by atoms with Gasteiger partial charge < -0.3 is 19.3 Å². The van der Waals surface area contributed by atoms with Crippen LogP contribution in [0.2, 0.25) is 0 Å². The maximum Gasteiger partial charge on any atom is 0.416 e. The molecule has 1 amide bonds. The second-order valence-corrected chi connectivity index (χ2v) is 5.26. The highest BCUT2D eigenvalue weighted by Crippen LogP contribution is 2.29. The number of carbonyl (C=O) groups excluding carboxylic acids is 2. The van der Waals surface area contributed by atoms with E-state index in [-0.39, 0.29) is 11.6 Å². The molecule has 26 heavy (non-hydrogen) atoms. The van der Waals surface area contributed by atoms with Gasteiger partial charge in [-0.25, -0.2) is 4.79 Å². The van der Waals surface area contributed by atoms with Gasteiger partial charge in [0.05, 0.1) is 5.56 Å². The summed E-state index contributed by atoms with van der Waals surface area (Å²) < 4.78 is 52.1. The summed E-state index contributed by atoms with van der Waals surface area (Å²) in [5, 5.41) is 5.87. The fourth-order valence-electron chi connectivity index (χ4n) is 1.82. The zero-order valence-electron chi connectivity index (χ0n) is 13.8. The number of benzene rings is 1. The largest absolute Gasteiger partial charge is 0.463 e. The normalized spacial score (nSPS) is 12.3. The van der Waals surface area contributed by atoms with Gasteiger partial charge in [0.2, 0.25) is 0 Å². The summed E-state index contributed by atoms with van der Waals surface area (Å²) >= 11 is 0. The van der Waals surface area contributed by atoms with Gasteiger partial charge in [-0.2, -0.15) is 13.2 Å². The van der Waals surface area contributed by atoms with Crippen molar-refractivity contribution in [3.63, 3.8) is 0 Å². The number of carbonyl (C=O) groups is 2. The van der Waals surface area contributed by atoms with E-state index in [1.807, 2.05) is 0 Å². The number of hydrogen-bond donors (Lipinski definition) is 1. The first-order chi connectivity index (χ1) is 12.1. The number of hydrogen-bond acceptors (Lipinski definition) is 6. The average molecular weight is 372 g/mol. The van der Waals surface area contributed by atoms with Gasteiger partial charge in [0.25, 0.3) is 11.8 Å². The predicted molar refractivity (Wildman–Crippen MR) is 82.4 cm³/mol. The summed E-state index contributed by atoms with van der Waals surface area (Å²) in [6, 6.07) is 5.34. The number of nitrogens with one attached hydrogen (secondary N) is 1. The van der Waals surface area contributed by atoms with Crippen molar-refractivity contribution in [3.8, 4) is 5.88 Å². The molecule has 0 radical (unpaired) electrons. The van der Waals surface area contributed by atoms with Crippen LogP contribution in [0.1, 0.15) is 18.2 Å². The molecular weight excluding hydrogens is 357 g/mol. The van der Waals surface area contributed by atoms with E-state index in [4.69, 9.17) is 14.0 Å². The topological polar surface area (TPSA) is 90.7 Å². The van der Waals surface area contributed by atoms with Gasteiger partial charge in [0.1, 0.15) is 5.76 Å². The SMILES string of the molecule is Cc1cc(OCC(=O)O[C@@H](C)C(=O)Nc2ccc(C(F)(F)F)cc2)no1. The van der Waals surface area contributed by atoms with Crippen molar-refractivity contribution >= 4 is 17.6 Å². The second kappa shape index (κ2) is 7.89. The van der Waals surface area contributed by atoms with E-state index < -0.39 is 36.3 Å². The minimum atomic E-state index is -4.46. The molecule has 1 N–H and O–H groups in total. The summed E-state index contributed by atoms with van der Waals surface area (Å²) in [6.45, 7) is 2.48. The van der Waals surface area contributed by atoms with Crippen LogP contribution in [0, 0.1) is 6.92 Å². The number of rotatable bonds is 6. The minimum Gasteiger partial charge on any atom is -0.463 e. The molecule has 0 saturated carbocycles. The number of amides is 1. The van der Waals surface area contributed by atoms with Crippen molar-refractivity contribution in [2.24, 2.45) is 0 Å². The quantitative estimate of drug-likeness (QED) is 0.784. The van der Waals surface area contributed by atoms with E-state index in [0.717, 1.165) is 24.3 Å². The van der Waals surface area contributed by atoms with Crippen LogP contribution in [-0.2, 0) is 20.5 Å². The molecule has 0 bridgehead atoms. The molecule has 1 aromatic heterocycles. The van der Waals surface area contributed by atoms with Gasteiger partial charge >= 0.3 is 12.1 Å². The van der Waals surface area contributed by atoms with Gasteiger partial charge in [-0.3, -0.25) is 4.79 Å². The smallest absolute Gasteiger partial charge is 0.416 e. The number of halogens is 3. The number of anilines is 1. The third-order valence-electron chi connectivity index (χ3n) is 3.10. The lowest BCUT2D eigenvalue weighted by Crippen LogP contribution is -2.31. The van der Waals surface area contributed by atoms with Crippen molar-refractivity contribution < 1.29 is 36.8 Å². The molecular formula is C16H15F3N2O5. The van der Waals surface area contributed by atoms with Gasteiger partial charge in [-0.1, -0.05) is 0 Å². The molecule has 0 fully saturated rings. The van der Waals surface area contributed by atoms with Crippen LogP contribution in [0.15, 0.2) is 34.9 Å². The molecule has 0 aliphatic heterocycles. The number of esters is 1. The van der Waals surface area contributed by atoms with E-state index in [9.17, 15) is 22.8 Å². The first-order valence-corrected chi connectivity index (χ1v) is 7.39. The first-order valence-electron chi connectivity index (χ1n) is 7.39. The standard InChI is InChI=1S/C16H15F3N2O5/c1-9-7-13(21-26-9)24-8-14(22)25-10(2)15(23)20-12-5-3-11(4-6-12)16(17,18)19/h3-7,10H,8H2,1-2H3,(H,20,23)/t10-/m0/s1. The monoisotopic (exact) mass is 372 g/mol. The van der Waals surface area contributed by atoms with Crippen LogP contribution in [0.25, 0.3) is 0 Å². The molecule has 140 valence electrons. The highest BCUT2D eigenvalue weighted by Gasteiger charge is 2.30. The molecule has 7 nitrogen and oxygen atoms in total. The number of ether oxygens (including phenoxy) is 2. The average Bonchev–Trinajstić information content (AvgIpc) is 2.98. The highest BCUT2D eigenvalue weighted by atomic mass is 19.4. The van der Waals surface area contributed by atoms with Crippen LogP contribution in [0.3, 0.4) is 0 Å². The number of alkyl halides is 3. The van der Waals surface area contributed by atoms with E-state index in [2.05, 4.69) is 10.5 Å². The minimum absolute atomic E-state index is 0.0984. The first kappa shape index (κ1) is 19.3. The van der Waals surface area contributed by atoms with Crippen LogP contribution in [0.5, 0.6) is 5.88 Å². The predicted octanol–water partition coefficient (Wildman–Crippen LogP) is 2.95. The lowest BCUT2D eigenvalue weighted by Gasteiger charge is -2.14. The maximum absolute atomic E-state index is 12.5. The van der Waals surface area contributed by atoms with Gasteiger partial charge in [0, 0.05) is 11.8 Å². The Bertz CT molecular complexity index is 771. The Morgan fingerprint density at radius 2 is 1.92 bits per heavy atom. The van der Waals surface area contributed by atoms with E-state index in [0.29, 0.717) is 5.76 Å². The van der Waals surface area contributed by atoms with E-state index in [1.165, 1.54) is 13.0 Å². The van der Waals surface area contributed by atoms with Gasteiger partial charge in [-0.05, 0) is 43.3 Å². The Kier molecular flexibility index (Phi) is 5.86. The van der Waals surface area contributed by atoms with Crippen molar-refractivity contribution in [1.29, 1.82) is 0 Å². The summed E-state index contributed by atoms with van der Waals surface area (Å²) in [7, 11) is 0. The van der Waals surface area contributed by atoms with Gasteiger partial charge in [-0.15, -0.1) is 0 Å². The molecule has 2 aromatic rings. The number of aromatic nitrogens is 1. The van der Waals surface area contributed by atoms with Crippen molar-refractivity contribution in [3.05, 3.63) is 41.7 Å². The van der Waals surface area contributed by atoms with Crippen molar-refractivity contribution in [1.82, 2.24) is 5.16 Å². The van der Waals surface area contributed by atoms with Crippen LogP contribution >= 0.6 is 0 Å². The van der Waals surface area contributed by atoms with Crippen LogP contribution in [0.4, 0.5) is 18.9 Å². The lowest BCUT2D eigenvalue weighted by molar-refractivity contribution is -0.155. The Labute approximate surface area is 146 Å². The zero-order valence-corrected chi connectivity index (χ0v) is 13.8. The third-order valence-corrected chi connectivity index (χ3v) is 3.10. The Balaban J connectivity index is 1.82. The molecule has 0 aliphatic rings. The molecule has 10 heteroatoms. The Morgan fingerprint density at radius 3 is 2.46 bits per heavy atom. The highest BCUT2D eigenvalue weighted by molar-refractivity contribution is 5.95. The fourth-order valence-corrected chi connectivity index (χ4v) is 1.82. The molecule has 0 saturated heterocycles. The fraction of sp³-hybridized carbons (Fsp3) is 0.312.